The van der Waals surface area contributed by atoms with Gasteiger partial charge in [-0.25, -0.2) is 9.59 Å². The van der Waals surface area contributed by atoms with Gasteiger partial charge in [-0.3, -0.25) is 0 Å². The Balaban J connectivity index is 0. The van der Waals surface area contributed by atoms with Gasteiger partial charge >= 0.3 is 11.9 Å². The number of unbranched alkanes of at least 4 members (excludes halogenated alkanes) is 3. The number of rotatable bonds is 15. The molecule has 2 N–H and O–H groups in total. The molecule has 0 aromatic heterocycles. The molecule has 2 unspecified atom stereocenters. The monoisotopic (exact) mass is 400 g/mol. The molecule has 0 saturated heterocycles. The first-order valence-corrected chi connectivity index (χ1v) is 10.4. The molecule has 0 aromatic rings. The molecule has 6 nitrogen and oxygen atoms in total. The van der Waals surface area contributed by atoms with E-state index in [4.69, 9.17) is 14.6 Å². The van der Waals surface area contributed by atoms with Gasteiger partial charge in [0.2, 0.25) is 0 Å². The first-order chi connectivity index (χ1) is 13.4. The van der Waals surface area contributed by atoms with Crippen LogP contribution in [0.2, 0.25) is 0 Å². The molecule has 0 spiro atoms. The van der Waals surface area contributed by atoms with Crippen LogP contribution in [0, 0.1) is 0 Å². The predicted octanol–water partition coefficient (Wildman–Crippen LogP) is 4.09. The number of ether oxygens (including phenoxy) is 2. The smallest absolute Gasteiger partial charge is 0.336 e. The summed E-state index contributed by atoms with van der Waals surface area (Å²) in [7, 11) is 0. The van der Waals surface area contributed by atoms with Crippen LogP contribution >= 0.6 is 0 Å². The van der Waals surface area contributed by atoms with E-state index in [1.54, 1.807) is 0 Å². The first kappa shape index (κ1) is 28.5. The van der Waals surface area contributed by atoms with Crippen LogP contribution in [0.3, 0.4) is 0 Å². The lowest BCUT2D eigenvalue weighted by Gasteiger charge is -2.14. The zero-order valence-electron chi connectivity index (χ0n) is 18.0. The maximum atomic E-state index is 11.3. The number of esters is 2. The van der Waals surface area contributed by atoms with Crippen molar-refractivity contribution in [1.29, 1.82) is 0 Å². The van der Waals surface area contributed by atoms with Crippen LogP contribution in [0.25, 0.3) is 0 Å². The molecule has 0 rings (SSSR count). The fourth-order valence-electron chi connectivity index (χ4n) is 2.18. The van der Waals surface area contributed by atoms with E-state index in [2.05, 4.69) is 20.1 Å². The Hall–Kier alpha value is -1.66. The van der Waals surface area contributed by atoms with Crippen molar-refractivity contribution < 1.29 is 29.3 Å². The fraction of sp³-hybridized carbons (Fsp3) is 0.727. The van der Waals surface area contributed by atoms with Crippen LogP contribution in [0.5, 0.6) is 0 Å². The topological polar surface area (TPSA) is 93.1 Å². The molecule has 0 aliphatic heterocycles. The van der Waals surface area contributed by atoms with Crippen molar-refractivity contribution in [3.05, 3.63) is 24.8 Å². The Kier molecular flexibility index (Phi) is 20.5. The number of aliphatic hydroxyl groups is 2. The lowest BCUT2D eigenvalue weighted by molar-refractivity contribution is -0.143. The molecule has 0 bridgehead atoms. The van der Waals surface area contributed by atoms with Crippen LogP contribution < -0.4 is 0 Å². The second kappa shape index (κ2) is 20.1. The summed E-state index contributed by atoms with van der Waals surface area (Å²) in [5.74, 6) is -0.850. The molecule has 0 radical (unpaired) electrons. The maximum absolute atomic E-state index is 11.3. The maximum Gasteiger partial charge on any atom is 0.336 e. The molecule has 2 atom stereocenters. The van der Waals surface area contributed by atoms with Gasteiger partial charge in [0, 0.05) is 12.7 Å². The molecule has 0 aliphatic carbocycles. The third-order valence-electron chi connectivity index (χ3n) is 4.07. The molecule has 0 aromatic carbocycles. The Labute approximate surface area is 170 Å². The minimum atomic E-state index is -0.911. The second-order valence-electron chi connectivity index (χ2n) is 6.56. The van der Waals surface area contributed by atoms with Crippen LogP contribution in [-0.2, 0) is 19.1 Å². The predicted molar refractivity (Wildman–Crippen MR) is 112 cm³/mol. The lowest BCUT2D eigenvalue weighted by atomic mass is 10.1. The van der Waals surface area contributed by atoms with Gasteiger partial charge in [-0.15, -0.1) is 0 Å². The summed E-state index contributed by atoms with van der Waals surface area (Å²) < 4.78 is 10.0. The van der Waals surface area contributed by atoms with Crippen molar-refractivity contribution in [3.63, 3.8) is 0 Å². The molecular formula is C22H40O6. The second-order valence-corrected chi connectivity index (χ2v) is 6.56. The summed E-state index contributed by atoms with van der Waals surface area (Å²) in [6, 6.07) is 0. The third kappa shape index (κ3) is 16.5. The van der Waals surface area contributed by atoms with Gasteiger partial charge in [-0.2, -0.15) is 0 Å². The zero-order chi connectivity index (χ0) is 21.8. The summed E-state index contributed by atoms with van der Waals surface area (Å²) in [4.78, 5) is 22.2. The van der Waals surface area contributed by atoms with Crippen molar-refractivity contribution in [3.8, 4) is 0 Å². The van der Waals surface area contributed by atoms with E-state index in [1.165, 1.54) is 18.9 Å². The van der Waals surface area contributed by atoms with Crippen molar-refractivity contribution in [1.82, 2.24) is 0 Å². The molecule has 164 valence electrons. The van der Waals surface area contributed by atoms with E-state index >= 15 is 0 Å². The Bertz CT molecular complexity index is 433. The summed E-state index contributed by atoms with van der Waals surface area (Å²) in [6.07, 6.45) is 8.35. The number of carbonyl (C=O) groups is 2. The van der Waals surface area contributed by atoms with Gasteiger partial charge in [0.05, 0.1) is 18.3 Å². The normalized spacial score (nSPS) is 12.2. The standard InChI is InChI=1S/C11H20O4.C11H20O2/c1-3-4-8-15-11(14)9(2)10(13)6-5-7-12;1-4-7-8-9-10(5-2)13-11(12)6-3/h10,12-13H,2-8H2,1H3;6,10H,3-5,7-9H2,1-2H3. The van der Waals surface area contributed by atoms with Gasteiger partial charge in [-0.1, -0.05) is 53.2 Å². The van der Waals surface area contributed by atoms with E-state index < -0.39 is 12.1 Å². The van der Waals surface area contributed by atoms with Crippen LogP contribution in [0.4, 0.5) is 0 Å². The highest BCUT2D eigenvalue weighted by Crippen LogP contribution is 2.10. The van der Waals surface area contributed by atoms with E-state index in [0.717, 1.165) is 32.1 Å². The highest BCUT2D eigenvalue weighted by atomic mass is 16.5. The first-order valence-electron chi connectivity index (χ1n) is 10.4. The average molecular weight is 401 g/mol. The molecule has 0 aliphatic rings. The Morgan fingerprint density at radius 1 is 1.04 bits per heavy atom. The number of aliphatic hydroxyl groups excluding tert-OH is 2. The summed E-state index contributed by atoms with van der Waals surface area (Å²) >= 11 is 0. The van der Waals surface area contributed by atoms with E-state index in [9.17, 15) is 14.7 Å². The largest absolute Gasteiger partial charge is 0.462 e. The average Bonchev–Trinajstić information content (AvgIpc) is 2.71. The van der Waals surface area contributed by atoms with E-state index in [-0.39, 0.29) is 24.3 Å². The third-order valence-corrected chi connectivity index (χ3v) is 4.07. The lowest BCUT2D eigenvalue weighted by Crippen LogP contribution is -2.20. The number of hydrogen-bond acceptors (Lipinski definition) is 6. The molecule has 0 heterocycles. The van der Waals surface area contributed by atoms with Gasteiger partial charge in [0.1, 0.15) is 6.10 Å². The van der Waals surface area contributed by atoms with Crippen molar-refractivity contribution >= 4 is 11.9 Å². The van der Waals surface area contributed by atoms with Crippen molar-refractivity contribution in [2.75, 3.05) is 13.2 Å². The van der Waals surface area contributed by atoms with Gasteiger partial charge in [-0.05, 0) is 38.5 Å². The highest BCUT2D eigenvalue weighted by Gasteiger charge is 2.17. The zero-order valence-corrected chi connectivity index (χ0v) is 18.0. The van der Waals surface area contributed by atoms with Crippen LogP contribution in [0.15, 0.2) is 24.8 Å². The number of hydrogen-bond donors (Lipinski definition) is 2. The Morgan fingerprint density at radius 2 is 1.68 bits per heavy atom. The van der Waals surface area contributed by atoms with E-state index in [1.807, 2.05) is 13.8 Å². The summed E-state index contributed by atoms with van der Waals surface area (Å²) in [5.41, 5.74) is 0.0690. The Morgan fingerprint density at radius 3 is 2.18 bits per heavy atom. The number of carbonyl (C=O) groups excluding carboxylic acids is 2. The SMILES string of the molecule is C=C(C(=O)OCCCC)C(O)CCCO.C=CC(=O)OC(CC)CCCCC. The van der Waals surface area contributed by atoms with Gasteiger partial charge in [0.15, 0.2) is 0 Å². The van der Waals surface area contributed by atoms with Gasteiger partial charge in [0.25, 0.3) is 0 Å². The van der Waals surface area contributed by atoms with Crippen LogP contribution in [0.1, 0.15) is 78.6 Å². The van der Waals surface area contributed by atoms with Crippen LogP contribution in [-0.4, -0.2) is 47.6 Å². The van der Waals surface area contributed by atoms with Crippen molar-refractivity contribution in [2.45, 2.75) is 90.8 Å². The summed E-state index contributed by atoms with van der Waals surface area (Å²) in [5, 5.41) is 18.0. The quantitative estimate of drug-likeness (QED) is 0.244. The van der Waals surface area contributed by atoms with Gasteiger partial charge < -0.3 is 19.7 Å². The minimum absolute atomic E-state index is 0.00474. The molecule has 0 fully saturated rings. The molecule has 0 saturated carbocycles. The van der Waals surface area contributed by atoms with Crippen molar-refractivity contribution in [2.24, 2.45) is 0 Å². The molecular weight excluding hydrogens is 360 g/mol. The van der Waals surface area contributed by atoms with E-state index in [0.29, 0.717) is 19.4 Å². The summed E-state index contributed by atoms with van der Waals surface area (Å²) in [6.45, 7) is 13.4. The molecule has 6 heteroatoms. The molecule has 28 heavy (non-hydrogen) atoms. The minimum Gasteiger partial charge on any atom is -0.462 e. The molecule has 0 amide bonds. The highest BCUT2D eigenvalue weighted by molar-refractivity contribution is 5.88. The fourth-order valence-corrected chi connectivity index (χ4v) is 2.18.